The van der Waals surface area contributed by atoms with Crippen LogP contribution in [0.4, 0.5) is 5.69 Å². The van der Waals surface area contributed by atoms with Crippen LogP contribution in [0.1, 0.15) is 15.9 Å². The number of rotatable bonds is 3. The molecule has 3 rings (SSSR count). The summed E-state index contributed by atoms with van der Waals surface area (Å²) in [5.74, 6) is -1.55. The van der Waals surface area contributed by atoms with Crippen LogP contribution in [-0.4, -0.2) is 39.2 Å². The molecule has 0 radical (unpaired) electrons. The van der Waals surface area contributed by atoms with Crippen molar-refractivity contribution in [2.24, 2.45) is 4.99 Å². The van der Waals surface area contributed by atoms with Gasteiger partial charge in [0, 0.05) is 17.6 Å². The van der Waals surface area contributed by atoms with Crippen LogP contribution in [0.25, 0.3) is 6.08 Å². The van der Waals surface area contributed by atoms with Crippen LogP contribution in [0.15, 0.2) is 46.3 Å². The maximum absolute atomic E-state index is 12.5. The fourth-order valence-electron chi connectivity index (χ4n) is 2.31. The van der Waals surface area contributed by atoms with Crippen LogP contribution in [0.3, 0.4) is 0 Å². The first-order valence-corrected chi connectivity index (χ1v) is 9.11. The number of amides is 1. The topological polar surface area (TPSA) is 90.2 Å². The van der Waals surface area contributed by atoms with E-state index in [1.54, 1.807) is 19.2 Å². The number of halogens is 2. The third-order valence-electron chi connectivity index (χ3n) is 3.67. The number of phenolic OH excluding ortho intramolecular Hbond substituents is 1. The number of carbonyl (C=O) groups is 2. The van der Waals surface area contributed by atoms with E-state index in [1.165, 1.54) is 35.2 Å². The highest BCUT2D eigenvalue weighted by Crippen LogP contribution is 2.37. The summed E-state index contributed by atoms with van der Waals surface area (Å²) in [7, 11) is 1.56. The minimum Gasteiger partial charge on any atom is -0.506 e. The molecule has 0 spiro atoms. The summed E-state index contributed by atoms with van der Waals surface area (Å²) in [6.07, 6.45) is 1.48. The van der Waals surface area contributed by atoms with E-state index in [1.807, 2.05) is 0 Å². The lowest BCUT2D eigenvalue weighted by Gasteiger charge is -2.07. The molecule has 27 heavy (non-hydrogen) atoms. The van der Waals surface area contributed by atoms with Gasteiger partial charge in [-0.05, 0) is 48.2 Å². The number of hydrogen-bond donors (Lipinski definition) is 2. The average Bonchev–Trinajstić information content (AvgIpc) is 2.87. The first-order chi connectivity index (χ1) is 12.8. The first-order valence-electron chi connectivity index (χ1n) is 7.54. The summed E-state index contributed by atoms with van der Waals surface area (Å²) in [6.45, 7) is 0. The van der Waals surface area contributed by atoms with Gasteiger partial charge in [-0.1, -0.05) is 29.3 Å². The van der Waals surface area contributed by atoms with E-state index in [-0.39, 0.29) is 22.2 Å². The van der Waals surface area contributed by atoms with Gasteiger partial charge in [0.05, 0.1) is 21.2 Å². The lowest BCUT2D eigenvalue weighted by molar-refractivity contribution is -0.121. The fraction of sp³-hybridized carbons (Fsp3) is 0.0556. The van der Waals surface area contributed by atoms with Gasteiger partial charge in [-0.25, -0.2) is 9.79 Å². The number of thioether (sulfide) groups is 1. The van der Waals surface area contributed by atoms with E-state index in [9.17, 15) is 14.7 Å². The Balaban J connectivity index is 1.96. The maximum atomic E-state index is 12.5. The molecule has 0 unspecified atom stereocenters. The molecule has 0 saturated carbocycles. The summed E-state index contributed by atoms with van der Waals surface area (Å²) in [5.41, 5.74) is 0.820. The molecule has 0 atom stereocenters. The van der Waals surface area contributed by atoms with Crippen molar-refractivity contribution >= 4 is 63.8 Å². The summed E-state index contributed by atoms with van der Waals surface area (Å²) in [5, 5.41) is 19.9. The zero-order valence-electron chi connectivity index (χ0n) is 13.8. The smallest absolute Gasteiger partial charge is 0.335 e. The van der Waals surface area contributed by atoms with Crippen molar-refractivity contribution in [2.75, 3.05) is 7.05 Å². The van der Waals surface area contributed by atoms with Crippen molar-refractivity contribution in [3.63, 3.8) is 0 Å². The SMILES string of the molecule is CN1C(=O)/C(=C/c2cc(Cl)cc(Cl)c2O)SC1=Nc1cccc(C(=O)O)c1. The number of hydrogen-bond acceptors (Lipinski definition) is 5. The van der Waals surface area contributed by atoms with Crippen LogP contribution >= 0.6 is 35.0 Å². The van der Waals surface area contributed by atoms with E-state index >= 15 is 0 Å². The van der Waals surface area contributed by atoms with E-state index in [2.05, 4.69) is 4.99 Å². The number of benzene rings is 2. The zero-order chi connectivity index (χ0) is 19.7. The maximum Gasteiger partial charge on any atom is 0.335 e. The molecule has 2 N–H and O–H groups in total. The van der Waals surface area contributed by atoms with E-state index < -0.39 is 5.97 Å². The van der Waals surface area contributed by atoms with Gasteiger partial charge in [-0.2, -0.15) is 0 Å². The van der Waals surface area contributed by atoms with E-state index in [0.29, 0.717) is 26.3 Å². The lowest BCUT2D eigenvalue weighted by atomic mass is 10.2. The predicted molar refractivity (Wildman–Crippen MR) is 107 cm³/mol. The molecule has 1 amide bonds. The molecule has 2 aromatic rings. The minimum absolute atomic E-state index is 0.0810. The molecule has 0 aromatic heterocycles. The van der Waals surface area contributed by atoms with Gasteiger partial charge >= 0.3 is 5.97 Å². The van der Waals surface area contributed by atoms with Crippen LogP contribution in [0.2, 0.25) is 10.0 Å². The highest BCUT2D eigenvalue weighted by molar-refractivity contribution is 8.18. The van der Waals surface area contributed by atoms with Gasteiger partial charge in [-0.3, -0.25) is 9.69 Å². The summed E-state index contributed by atoms with van der Waals surface area (Å²) >= 11 is 13.0. The average molecular weight is 423 g/mol. The fourth-order valence-corrected chi connectivity index (χ4v) is 3.79. The second-order valence-electron chi connectivity index (χ2n) is 5.55. The number of phenols is 1. The molecule has 0 aliphatic carbocycles. The molecule has 9 heteroatoms. The number of amidine groups is 1. The number of aliphatic imine (C=N–C) groups is 1. The molecular formula is C18H12Cl2N2O4S. The molecule has 138 valence electrons. The van der Waals surface area contributed by atoms with E-state index in [0.717, 1.165) is 11.8 Å². The Labute approximate surface area is 168 Å². The van der Waals surface area contributed by atoms with Crippen LogP contribution in [0.5, 0.6) is 5.75 Å². The third-order valence-corrected chi connectivity index (χ3v) is 5.23. The Morgan fingerprint density at radius 2 is 2.00 bits per heavy atom. The molecular weight excluding hydrogens is 411 g/mol. The standard InChI is InChI=1S/C18H12Cl2N2O4S/c1-22-16(24)14(7-10-5-11(19)8-13(20)15(10)23)27-18(22)21-12-4-2-3-9(6-12)17(25)26/h2-8,23H,1H3,(H,25,26)/b14-7-,21-18?. The Morgan fingerprint density at radius 3 is 2.70 bits per heavy atom. The lowest BCUT2D eigenvalue weighted by Crippen LogP contribution is -2.23. The number of aromatic hydroxyl groups is 1. The molecule has 1 saturated heterocycles. The molecule has 0 bridgehead atoms. The number of carboxylic acid groups (broad SMARTS) is 1. The molecule has 2 aromatic carbocycles. The minimum atomic E-state index is -1.06. The zero-order valence-corrected chi connectivity index (χ0v) is 16.1. The van der Waals surface area contributed by atoms with Crippen molar-refractivity contribution in [1.29, 1.82) is 0 Å². The largest absolute Gasteiger partial charge is 0.506 e. The van der Waals surface area contributed by atoms with Crippen molar-refractivity contribution in [3.05, 3.63) is 62.5 Å². The Morgan fingerprint density at radius 1 is 1.26 bits per heavy atom. The van der Waals surface area contributed by atoms with Crippen LogP contribution < -0.4 is 0 Å². The van der Waals surface area contributed by atoms with Crippen LogP contribution in [-0.2, 0) is 4.79 Å². The summed E-state index contributed by atoms with van der Waals surface area (Å²) in [6, 6.07) is 8.99. The van der Waals surface area contributed by atoms with Crippen molar-refractivity contribution in [2.45, 2.75) is 0 Å². The Hall–Kier alpha value is -2.48. The van der Waals surface area contributed by atoms with Crippen molar-refractivity contribution in [3.8, 4) is 5.75 Å². The highest BCUT2D eigenvalue weighted by atomic mass is 35.5. The first kappa shape index (κ1) is 19.3. The molecule has 1 fully saturated rings. The van der Waals surface area contributed by atoms with E-state index in [4.69, 9.17) is 28.3 Å². The number of aromatic carboxylic acids is 1. The third kappa shape index (κ3) is 4.10. The van der Waals surface area contributed by atoms with Crippen molar-refractivity contribution in [1.82, 2.24) is 4.90 Å². The molecule has 1 heterocycles. The highest BCUT2D eigenvalue weighted by Gasteiger charge is 2.30. The number of carbonyl (C=O) groups excluding carboxylic acids is 1. The second-order valence-corrected chi connectivity index (χ2v) is 7.40. The number of nitrogens with zero attached hydrogens (tertiary/aromatic N) is 2. The quantitative estimate of drug-likeness (QED) is 0.703. The van der Waals surface area contributed by atoms with Gasteiger partial charge < -0.3 is 10.2 Å². The van der Waals surface area contributed by atoms with Gasteiger partial charge in [0.1, 0.15) is 5.75 Å². The number of likely N-dealkylation sites (N-methyl/N-ethyl adjacent to an activating group) is 1. The van der Waals surface area contributed by atoms with Crippen LogP contribution in [0, 0.1) is 0 Å². The molecule has 1 aliphatic heterocycles. The normalized spacial score (nSPS) is 17.1. The van der Waals surface area contributed by atoms with Gasteiger partial charge in [0.25, 0.3) is 5.91 Å². The van der Waals surface area contributed by atoms with Gasteiger partial charge in [-0.15, -0.1) is 0 Å². The Bertz CT molecular complexity index is 1020. The molecule has 1 aliphatic rings. The monoisotopic (exact) mass is 422 g/mol. The number of carboxylic acids is 1. The Kier molecular flexibility index (Phi) is 5.46. The van der Waals surface area contributed by atoms with Crippen molar-refractivity contribution < 1.29 is 19.8 Å². The van der Waals surface area contributed by atoms with Gasteiger partial charge in [0.2, 0.25) is 0 Å². The predicted octanol–water partition coefficient (Wildman–Crippen LogP) is 4.63. The van der Waals surface area contributed by atoms with Gasteiger partial charge in [0.15, 0.2) is 5.17 Å². The second kappa shape index (κ2) is 7.64. The molecule has 6 nitrogen and oxygen atoms in total. The summed E-state index contributed by atoms with van der Waals surface area (Å²) in [4.78, 5) is 29.6. The summed E-state index contributed by atoms with van der Waals surface area (Å²) < 4.78 is 0.